The summed E-state index contributed by atoms with van der Waals surface area (Å²) in [4.78, 5) is 33.6. The predicted molar refractivity (Wildman–Crippen MR) is 135 cm³/mol. The molecule has 4 N–H and O–H groups in total. The second kappa shape index (κ2) is 11.3. The zero-order chi connectivity index (χ0) is 25.9. The number of nitrogens with zero attached hydrogens (tertiary/aromatic N) is 5. The number of rotatable bonds is 12. The Kier molecular flexibility index (Phi) is 8.30. The molecule has 36 heavy (non-hydrogen) atoms. The zero-order valence-electron chi connectivity index (χ0n) is 21.3. The van der Waals surface area contributed by atoms with Gasteiger partial charge in [0, 0.05) is 25.3 Å². The molecule has 1 aliphatic carbocycles. The van der Waals surface area contributed by atoms with Crippen molar-refractivity contribution in [1.82, 2.24) is 30.3 Å². The fraction of sp³-hybridized carbons (Fsp3) is 0.739. The zero-order valence-corrected chi connectivity index (χ0v) is 22.1. The van der Waals surface area contributed by atoms with E-state index in [1.807, 2.05) is 13.8 Å². The highest BCUT2D eigenvalue weighted by Gasteiger charge is 2.57. The second-order valence-electron chi connectivity index (χ2n) is 9.67. The first-order valence-corrected chi connectivity index (χ1v) is 13.6. The Hall–Kier alpha value is -2.51. The highest BCUT2D eigenvalue weighted by molar-refractivity contribution is 7.99. The van der Waals surface area contributed by atoms with Crippen LogP contribution in [-0.4, -0.2) is 73.6 Å². The fourth-order valence-corrected chi connectivity index (χ4v) is 5.38. The molecule has 1 saturated heterocycles. The van der Waals surface area contributed by atoms with E-state index < -0.39 is 29.8 Å². The smallest absolute Gasteiger partial charge is 0.225 e. The van der Waals surface area contributed by atoms with Crippen molar-refractivity contribution in [3.63, 3.8) is 0 Å². The number of aromatic nitrogens is 5. The average Bonchev–Trinajstić information content (AvgIpc) is 3.48. The minimum atomic E-state index is -0.847. The minimum Gasteiger partial charge on any atom is -0.370 e. The number of amides is 2. The van der Waals surface area contributed by atoms with Gasteiger partial charge in [0.15, 0.2) is 27.9 Å². The van der Waals surface area contributed by atoms with Crippen LogP contribution >= 0.6 is 11.8 Å². The van der Waals surface area contributed by atoms with Crippen molar-refractivity contribution in [3.8, 4) is 0 Å². The van der Waals surface area contributed by atoms with Gasteiger partial charge in [-0.2, -0.15) is 0 Å². The molecule has 0 spiro atoms. The van der Waals surface area contributed by atoms with Crippen LogP contribution in [0.25, 0.3) is 11.2 Å². The number of hydrogen-bond donors (Lipinski definition) is 3. The third-order valence-corrected chi connectivity index (χ3v) is 7.37. The summed E-state index contributed by atoms with van der Waals surface area (Å²) in [7, 11) is 0. The molecule has 4 rings (SSSR count). The third kappa shape index (κ3) is 5.73. The van der Waals surface area contributed by atoms with E-state index in [0.29, 0.717) is 28.6 Å². The third-order valence-electron chi connectivity index (χ3n) is 6.32. The van der Waals surface area contributed by atoms with Crippen LogP contribution in [0.2, 0.25) is 0 Å². The summed E-state index contributed by atoms with van der Waals surface area (Å²) in [6, 6.07) is -0.309. The van der Waals surface area contributed by atoms with Crippen LogP contribution < -0.4 is 16.4 Å². The standard InChI is InChI=1S/C23H36N8O4S/c1-5-7-9-25-19-16-20(28-22(27-19)36-11-6-2)31(30-29-16)14-12-13(21(33)26-10-8-15(24)32)17-18(14)35-23(3,4)34-17/h13-14,17-18H,5-12H2,1-4H3,(H2,24,32)(H,26,33)(H,25,27,28)/t13-,14+,17+,18?/m0/s1. The van der Waals surface area contributed by atoms with Gasteiger partial charge in [-0.1, -0.05) is 37.2 Å². The number of ether oxygens (including phenoxy) is 2. The van der Waals surface area contributed by atoms with E-state index in [1.54, 1.807) is 16.4 Å². The molecule has 2 fully saturated rings. The van der Waals surface area contributed by atoms with Gasteiger partial charge in [0.05, 0.1) is 12.0 Å². The van der Waals surface area contributed by atoms with Crippen molar-refractivity contribution in [2.75, 3.05) is 24.2 Å². The summed E-state index contributed by atoms with van der Waals surface area (Å²) in [5, 5.41) is 15.7. The van der Waals surface area contributed by atoms with Crippen molar-refractivity contribution in [3.05, 3.63) is 0 Å². The minimum absolute atomic E-state index is 0.0788. The number of hydrogen-bond acceptors (Lipinski definition) is 10. The monoisotopic (exact) mass is 520 g/mol. The number of nitrogens with two attached hydrogens (primary N) is 1. The summed E-state index contributed by atoms with van der Waals surface area (Å²) < 4.78 is 14.2. The first-order valence-electron chi connectivity index (χ1n) is 12.6. The van der Waals surface area contributed by atoms with E-state index in [1.165, 1.54) is 0 Å². The van der Waals surface area contributed by atoms with Gasteiger partial charge in [-0.3, -0.25) is 9.59 Å². The van der Waals surface area contributed by atoms with Gasteiger partial charge in [0.2, 0.25) is 11.8 Å². The fourth-order valence-electron chi connectivity index (χ4n) is 4.69. The Balaban J connectivity index is 1.65. The molecule has 0 bridgehead atoms. The van der Waals surface area contributed by atoms with Crippen molar-refractivity contribution in [2.24, 2.45) is 11.7 Å². The van der Waals surface area contributed by atoms with Gasteiger partial charge in [-0.05, 0) is 33.1 Å². The number of carbonyl (C=O) groups is 2. The molecular weight excluding hydrogens is 484 g/mol. The Morgan fingerprint density at radius 3 is 2.67 bits per heavy atom. The normalized spacial score (nSPS) is 24.7. The molecule has 13 heteroatoms. The largest absolute Gasteiger partial charge is 0.370 e. The molecule has 1 saturated carbocycles. The molecule has 4 atom stereocenters. The van der Waals surface area contributed by atoms with Crippen LogP contribution in [0.15, 0.2) is 5.16 Å². The highest BCUT2D eigenvalue weighted by atomic mass is 32.2. The molecule has 2 aromatic heterocycles. The first kappa shape index (κ1) is 26.6. The van der Waals surface area contributed by atoms with E-state index in [0.717, 1.165) is 31.6 Å². The lowest BCUT2D eigenvalue weighted by Gasteiger charge is -2.23. The van der Waals surface area contributed by atoms with Crippen LogP contribution in [0, 0.1) is 5.92 Å². The Morgan fingerprint density at radius 2 is 1.94 bits per heavy atom. The number of carbonyl (C=O) groups excluding carboxylic acids is 2. The van der Waals surface area contributed by atoms with Gasteiger partial charge in [-0.15, -0.1) is 5.10 Å². The second-order valence-corrected chi connectivity index (χ2v) is 10.7. The number of fused-ring (bicyclic) bond motifs is 2. The molecule has 198 valence electrons. The first-order chi connectivity index (χ1) is 17.2. The lowest BCUT2D eigenvalue weighted by Crippen LogP contribution is -2.39. The van der Waals surface area contributed by atoms with Gasteiger partial charge in [0.1, 0.15) is 12.2 Å². The van der Waals surface area contributed by atoms with Crippen LogP contribution in [-0.2, 0) is 19.1 Å². The quantitative estimate of drug-likeness (QED) is 0.215. The molecule has 0 aromatic carbocycles. The van der Waals surface area contributed by atoms with E-state index in [-0.39, 0.29) is 24.9 Å². The SMILES string of the molecule is CCCCNc1nc(SCCC)nc2c1nnn2[C@@H]1C[C@H](C(=O)NCCC(N)=O)[C@H]2OC(C)(C)OC12. The molecule has 12 nitrogen and oxygen atoms in total. The average molecular weight is 521 g/mol. The van der Waals surface area contributed by atoms with Crippen molar-refractivity contribution < 1.29 is 19.1 Å². The van der Waals surface area contributed by atoms with Gasteiger partial charge in [0.25, 0.3) is 0 Å². The number of nitrogens with one attached hydrogen (secondary N) is 2. The van der Waals surface area contributed by atoms with E-state index in [4.69, 9.17) is 25.2 Å². The topological polar surface area (TPSA) is 159 Å². The Bertz CT molecular complexity index is 1090. The van der Waals surface area contributed by atoms with Crippen molar-refractivity contribution >= 4 is 40.6 Å². The molecule has 2 aromatic rings. The summed E-state index contributed by atoms with van der Waals surface area (Å²) >= 11 is 1.59. The van der Waals surface area contributed by atoms with Crippen LogP contribution in [0.4, 0.5) is 5.82 Å². The number of anilines is 1. The maximum atomic E-state index is 13.0. The van der Waals surface area contributed by atoms with Crippen LogP contribution in [0.1, 0.15) is 65.8 Å². The highest BCUT2D eigenvalue weighted by Crippen LogP contribution is 2.47. The molecule has 3 heterocycles. The van der Waals surface area contributed by atoms with Gasteiger partial charge >= 0.3 is 0 Å². The summed E-state index contributed by atoms with van der Waals surface area (Å²) in [5.41, 5.74) is 6.41. The van der Waals surface area contributed by atoms with Crippen molar-refractivity contribution in [1.29, 1.82) is 0 Å². The molecular formula is C23H36N8O4S. The number of primary amides is 1. The van der Waals surface area contributed by atoms with E-state index >= 15 is 0 Å². The van der Waals surface area contributed by atoms with Crippen molar-refractivity contribution in [2.45, 2.75) is 89.0 Å². The Labute approximate surface area is 214 Å². The summed E-state index contributed by atoms with van der Waals surface area (Å²) in [6.07, 6.45) is 2.72. The maximum Gasteiger partial charge on any atom is 0.225 e. The lowest BCUT2D eigenvalue weighted by atomic mass is 10.0. The van der Waals surface area contributed by atoms with E-state index in [9.17, 15) is 9.59 Å². The van der Waals surface area contributed by atoms with E-state index in [2.05, 4.69) is 34.8 Å². The number of thioether (sulfide) groups is 1. The summed E-state index contributed by atoms with van der Waals surface area (Å²) in [6.45, 7) is 8.88. The molecule has 1 aliphatic heterocycles. The maximum absolute atomic E-state index is 13.0. The molecule has 1 unspecified atom stereocenters. The van der Waals surface area contributed by atoms with Gasteiger partial charge in [-0.25, -0.2) is 14.6 Å². The molecule has 2 amide bonds. The predicted octanol–water partition coefficient (Wildman–Crippen LogP) is 2.01. The van der Waals surface area contributed by atoms with Gasteiger partial charge < -0.3 is 25.8 Å². The Morgan fingerprint density at radius 1 is 1.17 bits per heavy atom. The van der Waals surface area contributed by atoms with Crippen LogP contribution in [0.3, 0.4) is 0 Å². The summed E-state index contributed by atoms with van der Waals surface area (Å²) in [5.74, 6) is -0.429. The van der Waals surface area contributed by atoms with Crippen LogP contribution in [0.5, 0.6) is 0 Å². The molecule has 0 radical (unpaired) electrons. The lowest BCUT2D eigenvalue weighted by molar-refractivity contribution is -0.163. The number of unbranched alkanes of at least 4 members (excludes halogenated alkanes) is 1. The molecule has 2 aliphatic rings.